The second-order valence-corrected chi connectivity index (χ2v) is 6.64. The molecule has 1 unspecified atom stereocenters. The Morgan fingerprint density at radius 1 is 1.41 bits per heavy atom. The van der Waals surface area contributed by atoms with Gasteiger partial charge in [0.05, 0.1) is 6.61 Å². The molecular formula is C14H21NOS. The third-order valence-electron chi connectivity index (χ3n) is 4.32. The summed E-state index contributed by atoms with van der Waals surface area (Å²) in [6, 6.07) is 4.29. The average molecular weight is 251 g/mol. The summed E-state index contributed by atoms with van der Waals surface area (Å²) in [4.78, 5) is 1.36. The fourth-order valence-electron chi connectivity index (χ4n) is 2.97. The predicted octanol–water partition coefficient (Wildman–Crippen LogP) is 3.36. The van der Waals surface area contributed by atoms with Gasteiger partial charge in [0.25, 0.3) is 0 Å². The highest BCUT2D eigenvalue weighted by atomic mass is 32.1. The molecule has 0 amide bonds. The van der Waals surface area contributed by atoms with E-state index in [2.05, 4.69) is 29.8 Å². The minimum atomic E-state index is 0.278. The van der Waals surface area contributed by atoms with Gasteiger partial charge in [-0.2, -0.15) is 0 Å². The Hall–Kier alpha value is -0.380. The average Bonchev–Trinajstić information content (AvgIpc) is 2.88. The molecule has 0 aromatic carbocycles. The summed E-state index contributed by atoms with van der Waals surface area (Å²) < 4.78 is 6.10. The molecule has 1 aliphatic heterocycles. The van der Waals surface area contributed by atoms with Crippen molar-refractivity contribution in [3.63, 3.8) is 0 Å². The molecule has 1 saturated carbocycles. The zero-order chi connectivity index (χ0) is 11.7. The topological polar surface area (TPSA) is 21.3 Å². The summed E-state index contributed by atoms with van der Waals surface area (Å²) in [6.07, 6.45) is 5.54. The van der Waals surface area contributed by atoms with Gasteiger partial charge in [0, 0.05) is 17.0 Å². The standard InChI is InChI=1S/C14H21NOS/c1-11-4-6-14(7-5-11)10-16-12(9-15-14)13-3-2-8-17-13/h2-3,8,11-12,15H,4-7,9-10H2,1H3. The van der Waals surface area contributed by atoms with Gasteiger partial charge in [-0.25, -0.2) is 0 Å². The third kappa shape index (κ3) is 2.42. The lowest BCUT2D eigenvalue weighted by Gasteiger charge is -2.45. The van der Waals surface area contributed by atoms with Crippen molar-refractivity contribution in [2.75, 3.05) is 13.2 Å². The number of nitrogens with one attached hydrogen (secondary N) is 1. The highest BCUT2D eigenvalue weighted by Gasteiger charge is 2.38. The quantitative estimate of drug-likeness (QED) is 0.826. The van der Waals surface area contributed by atoms with Crippen LogP contribution >= 0.6 is 11.3 Å². The van der Waals surface area contributed by atoms with Crippen molar-refractivity contribution in [2.24, 2.45) is 5.92 Å². The van der Waals surface area contributed by atoms with E-state index in [0.29, 0.717) is 5.54 Å². The van der Waals surface area contributed by atoms with E-state index in [0.717, 1.165) is 19.1 Å². The summed E-state index contributed by atoms with van der Waals surface area (Å²) in [5.41, 5.74) is 0.292. The van der Waals surface area contributed by atoms with Crippen LogP contribution in [0.2, 0.25) is 0 Å². The second kappa shape index (κ2) is 4.71. The largest absolute Gasteiger partial charge is 0.369 e. The van der Waals surface area contributed by atoms with Gasteiger partial charge in [-0.15, -0.1) is 11.3 Å². The molecule has 3 rings (SSSR count). The van der Waals surface area contributed by atoms with E-state index in [1.807, 2.05) is 0 Å². The Labute approximate surface area is 107 Å². The van der Waals surface area contributed by atoms with Crippen molar-refractivity contribution < 1.29 is 4.74 Å². The molecular weight excluding hydrogens is 230 g/mol. The van der Waals surface area contributed by atoms with Gasteiger partial charge in [-0.3, -0.25) is 0 Å². The highest BCUT2D eigenvalue weighted by molar-refractivity contribution is 7.10. The first-order valence-corrected chi connectivity index (χ1v) is 7.55. The van der Waals surface area contributed by atoms with E-state index in [1.165, 1.54) is 30.6 Å². The monoisotopic (exact) mass is 251 g/mol. The van der Waals surface area contributed by atoms with Crippen LogP contribution in [0, 0.1) is 5.92 Å². The number of morpholine rings is 1. The Morgan fingerprint density at radius 3 is 2.82 bits per heavy atom. The van der Waals surface area contributed by atoms with E-state index >= 15 is 0 Å². The molecule has 3 heteroatoms. The zero-order valence-corrected chi connectivity index (χ0v) is 11.3. The van der Waals surface area contributed by atoms with Crippen molar-refractivity contribution in [3.05, 3.63) is 22.4 Å². The van der Waals surface area contributed by atoms with Crippen LogP contribution in [0.3, 0.4) is 0 Å². The molecule has 2 nitrogen and oxygen atoms in total. The fourth-order valence-corrected chi connectivity index (χ4v) is 3.75. The SMILES string of the molecule is CC1CCC2(CC1)COC(c1cccs1)CN2. The van der Waals surface area contributed by atoms with Gasteiger partial charge < -0.3 is 10.1 Å². The molecule has 0 bridgehead atoms. The maximum absolute atomic E-state index is 6.10. The minimum Gasteiger partial charge on any atom is -0.369 e. The van der Waals surface area contributed by atoms with Crippen molar-refractivity contribution in [3.8, 4) is 0 Å². The maximum Gasteiger partial charge on any atom is 0.104 e. The van der Waals surface area contributed by atoms with Crippen LogP contribution in [0.25, 0.3) is 0 Å². The van der Waals surface area contributed by atoms with Crippen LogP contribution < -0.4 is 5.32 Å². The first-order valence-electron chi connectivity index (χ1n) is 6.67. The van der Waals surface area contributed by atoms with E-state index in [-0.39, 0.29) is 6.10 Å². The molecule has 1 atom stereocenters. The van der Waals surface area contributed by atoms with E-state index in [4.69, 9.17) is 4.74 Å². The predicted molar refractivity (Wildman–Crippen MR) is 71.4 cm³/mol. The Bertz CT molecular complexity index is 344. The number of ether oxygens (including phenoxy) is 1. The molecule has 1 saturated heterocycles. The number of rotatable bonds is 1. The van der Waals surface area contributed by atoms with Crippen LogP contribution in [0.15, 0.2) is 17.5 Å². The smallest absolute Gasteiger partial charge is 0.104 e. The third-order valence-corrected chi connectivity index (χ3v) is 5.28. The van der Waals surface area contributed by atoms with Gasteiger partial charge in [-0.05, 0) is 43.0 Å². The van der Waals surface area contributed by atoms with Crippen molar-refractivity contribution in [1.82, 2.24) is 5.32 Å². The molecule has 17 heavy (non-hydrogen) atoms. The Kier molecular flexibility index (Phi) is 3.24. The van der Waals surface area contributed by atoms with Gasteiger partial charge >= 0.3 is 0 Å². The summed E-state index contributed by atoms with van der Waals surface area (Å²) in [7, 11) is 0. The zero-order valence-electron chi connectivity index (χ0n) is 10.4. The van der Waals surface area contributed by atoms with Crippen LogP contribution in [0.1, 0.15) is 43.6 Å². The summed E-state index contributed by atoms with van der Waals surface area (Å²) >= 11 is 1.80. The lowest BCUT2D eigenvalue weighted by molar-refractivity contribution is -0.0489. The van der Waals surface area contributed by atoms with Crippen molar-refractivity contribution in [1.29, 1.82) is 0 Å². The Morgan fingerprint density at radius 2 is 2.24 bits per heavy atom. The van der Waals surface area contributed by atoms with E-state index < -0.39 is 0 Å². The molecule has 2 aliphatic rings. The molecule has 0 radical (unpaired) electrons. The summed E-state index contributed by atoms with van der Waals surface area (Å²) in [6.45, 7) is 4.24. The fraction of sp³-hybridized carbons (Fsp3) is 0.714. The van der Waals surface area contributed by atoms with Crippen LogP contribution in [-0.2, 0) is 4.74 Å². The molecule has 1 aliphatic carbocycles. The first kappa shape index (κ1) is 11.7. The van der Waals surface area contributed by atoms with Crippen molar-refractivity contribution in [2.45, 2.75) is 44.2 Å². The Balaban J connectivity index is 1.60. The molecule has 1 spiro atoms. The van der Waals surface area contributed by atoms with Crippen molar-refractivity contribution >= 4 is 11.3 Å². The van der Waals surface area contributed by atoms with Gasteiger partial charge in [-0.1, -0.05) is 13.0 Å². The highest BCUT2D eigenvalue weighted by Crippen LogP contribution is 2.36. The second-order valence-electron chi connectivity index (χ2n) is 5.66. The van der Waals surface area contributed by atoms with Crippen LogP contribution in [0.4, 0.5) is 0 Å². The normalized spacial score (nSPS) is 38.4. The van der Waals surface area contributed by atoms with Gasteiger partial charge in [0.1, 0.15) is 6.10 Å². The van der Waals surface area contributed by atoms with E-state index in [9.17, 15) is 0 Å². The molecule has 2 heterocycles. The summed E-state index contributed by atoms with van der Waals surface area (Å²) in [5, 5.41) is 5.91. The molecule has 1 N–H and O–H groups in total. The molecule has 1 aromatic rings. The minimum absolute atomic E-state index is 0.278. The maximum atomic E-state index is 6.10. The van der Waals surface area contributed by atoms with E-state index in [1.54, 1.807) is 11.3 Å². The lowest BCUT2D eigenvalue weighted by atomic mass is 9.77. The van der Waals surface area contributed by atoms with Gasteiger partial charge in [0.2, 0.25) is 0 Å². The van der Waals surface area contributed by atoms with Gasteiger partial charge in [0.15, 0.2) is 0 Å². The number of hydrogen-bond donors (Lipinski definition) is 1. The number of thiophene rings is 1. The first-order chi connectivity index (χ1) is 8.27. The van der Waals surface area contributed by atoms with Crippen LogP contribution in [0.5, 0.6) is 0 Å². The summed E-state index contributed by atoms with van der Waals surface area (Å²) in [5.74, 6) is 0.900. The lowest BCUT2D eigenvalue weighted by Crippen LogP contribution is -2.56. The molecule has 94 valence electrons. The number of hydrogen-bond acceptors (Lipinski definition) is 3. The molecule has 1 aromatic heterocycles. The molecule has 2 fully saturated rings. The van der Waals surface area contributed by atoms with Crippen LogP contribution in [-0.4, -0.2) is 18.7 Å².